The molecule has 0 aromatic heterocycles. The summed E-state index contributed by atoms with van der Waals surface area (Å²) in [6.07, 6.45) is 1.29. The van der Waals surface area contributed by atoms with Crippen molar-refractivity contribution in [2.75, 3.05) is 16.2 Å². The molecule has 0 aliphatic carbocycles. The van der Waals surface area contributed by atoms with Gasteiger partial charge in [-0.1, -0.05) is 0 Å². The van der Waals surface area contributed by atoms with Gasteiger partial charge in [0.1, 0.15) is 16.5 Å². The number of amides is 1. The van der Waals surface area contributed by atoms with E-state index in [2.05, 4.69) is 4.72 Å². The minimum Gasteiger partial charge on any atom is -0.312 e. The largest absolute Gasteiger partial charge is 0.312 e. The lowest BCUT2D eigenvalue weighted by Gasteiger charge is -2.19. The summed E-state index contributed by atoms with van der Waals surface area (Å²) in [5.74, 6) is -1.99. The zero-order valence-corrected chi connectivity index (χ0v) is 14.2. The number of nitrogens with one attached hydrogen (secondary N) is 1. The lowest BCUT2D eigenvalue weighted by molar-refractivity contribution is -0.117. The molecule has 1 heterocycles. The predicted octanol–water partition coefficient (Wildman–Crippen LogP) is 3.20. The first-order valence-corrected chi connectivity index (χ1v) is 9.15. The molecule has 1 aliphatic heterocycles. The fourth-order valence-electron chi connectivity index (χ4n) is 2.83. The van der Waals surface area contributed by atoms with Crippen LogP contribution >= 0.6 is 0 Å². The third-order valence-electron chi connectivity index (χ3n) is 4.00. The molecular weight excluding hydrogens is 350 g/mol. The molecule has 25 heavy (non-hydrogen) atoms. The zero-order valence-electron chi connectivity index (χ0n) is 13.4. The van der Waals surface area contributed by atoms with Gasteiger partial charge in [-0.05, 0) is 49.2 Å². The van der Waals surface area contributed by atoms with Crippen LogP contribution in [0.15, 0.2) is 41.3 Å². The van der Waals surface area contributed by atoms with Crippen LogP contribution < -0.4 is 9.62 Å². The number of nitrogens with zero attached hydrogens (tertiary/aromatic N) is 1. The molecule has 132 valence electrons. The standard InChI is InChI=1S/C17H16F2N2O3S/c1-11-9-13(5-6-15(11)21-8-2-3-17(21)22)20-25(23,24)16-7-4-12(18)10-14(16)19/h4-7,9-10,20H,2-3,8H2,1H3. The van der Waals surface area contributed by atoms with E-state index in [0.717, 1.165) is 29.8 Å². The van der Waals surface area contributed by atoms with Gasteiger partial charge in [-0.2, -0.15) is 0 Å². The van der Waals surface area contributed by atoms with Crippen molar-refractivity contribution in [2.45, 2.75) is 24.7 Å². The topological polar surface area (TPSA) is 66.5 Å². The number of anilines is 2. The summed E-state index contributed by atoms with van der Waals surface area (Å²) in [6, 6.07) is 6.99. The van der Waals surface area contributed by atoms with Crippen LogP contribution in [0.25, 0.3) is 0 Å². The third kappa shape index (κ3) is 3.48. The highest BCUT2D eigenvalue weighted by atomic mass is 32.2. The van der Waals surface area contributed by atoms with Crippen LogP contribution in [-0.4, -0.2) is 20.9 Å². The van der Waals surface area contributed by atoms with Gasteiger partial charge < -0.3 is 4.90 Å². The van der Waals surface area contributed by atoms with Crippen LogP contribution in [0.4, 0.5) is 20.2 Å². The summed E-state index contributed by atoms with van der Waals surface area (Å²) < 4.78 is 53.6. The molecule has 0 saturated carbocycles. The van der Waals surface area contributed by atoms with Crippen LogP contribution in [0, 0.1) is 18.6 Å². The fourth-order valence-corrected chi connectivity index (χ4v) is 3.94. The van der Waals surface area contributed by atoms with Crippen molar-refractivity contribution >= 4 is 27.3 Å². The van der Waals surface area contributed by atoms with E-state index in [1.165, 1.54) is 6.07 Å². The number of halogens is 2. The third-order valence-corrected chi connectivity index (χ3v) is 5.41. The van der Waals surface area contributed by atoms with Crippen molar-refractivity contribution in [3.8, 4) is 0 Å². The Hall–Kier alpha value is -2.48. The number of benzene rings is 2. The Morgan fingerprint density at radius 3 is 2.48 bits per heavy atom. The molecule has 0 spiro atoms. The second kappa shape index (κ2) is 6.44. The smallest absolute Gasteiger partial charge is 0.264 e. The molecule has 0 bridgehead atoms. The molecule has 1 aliphatic rings. The fraction of sp³-hybridized carbons (Fsp3) is 0.235. The van der Waals surface area contributed by atoms with Crippen molar-refractivity contribution < 1.29 is 22.0 Å². The summed E-state index contributed by atoms with van der Waals surface area (Å²) in [5, 5.41) is 0. The lowest BCUT2D eigenvalue weighted by Crippen LogP contribution is -2.24. The van der Waals surface area contributed by atoms with Crippen molar-refractivity contribution in [3.63, 3.8) is 0 Å². The maximum atomic E-state index is 13.7. The molecule has 0 unspecified atom stereocenters. The molecular formula is C17H16F2N2O3S. The van der Waals surface area contributed by atoms with Crippen molar-refractivity contribution in [2.24, 2.45) is 0 Å². The Labute approximate surface area is 144 Å². The predicted molar refractivity (Wildman–Crippen MR) is 89.9 cm³/mol. The molecule has 1 fully saturated rings. The summed E-state index contributed by atoms with van der Waals surface area (Å²) in [7, 11) is -4.19. The Balaban J connectivity index is 1.87. The minimum absolute atomic E-state index is 0.0322. The van der Waals surface area contributed by atoms with E-state index in [1.807, 2.05) is 0 Å². The highest BCUT2D eigenvalue weighted by Crippen LogP contribution is 2.28. The van der Waals surface area contributed by atoms with Gasteiger partial charge in [0, 0.05) is 30.4 Å². The first-order chi connectivity index (χ1) is 11.8. The number of sulfonamides is 1. The van der Waals surface area contributed by atoms with Crippen LogP contribution in [-0.2, 0) is 14.8 Å². The second-order valence-electron chi connectivity index (χ2n) is 5.83. The van der Waals surface area contributed by atoms with Gasteiger partial charge >= 0.3 is 0 Å². The molecule has 1 N–H and O–H groups in total. The number of carbonyl (C=O) groups is 1. The molecule has 0 atom stereocenters. The molecule has 2 aromatic carbocycles. The van der Waals surface area contributed by atoms with E-state index < -0.39 is 26.6 Å². The summed E-state index contributed by atoms with van der Waals surface area (Å²) in [4.78, 5) is 12.9. The van der Waals surface area contributed by atoms with Crippen molar-refractivity contribution in [1.82, 2.24) is 0 Å². The van der Waals surface area contributed by atoms with Gasteiger partial charge in [0.25, 0.3) is 10.0 Å². The average Bonchev–Trinajstić information content (AvgIpc) is 2.92. The number of hydrogen-bond donors (Lipinski definition) is 1. The van der Waals surface area contributed by atoms with Gasteiger partial charge in [-0.25, -0.2) is 17.2 Å². The monoisotopic (exact) mass is 366 g/mol. The molecule has 5 nitrogen and oxygen atoms in total. The average molecular weight is 366 g/mol. The molecule has 2 aromatic rings. The summed E-state index contributed by atoms with van der Waals surface area (Å²) in [5.41, 5.74) is 1.67. The molecule has 8 heteroatoms. The Morgan fingerprint density at radius 1 is 1.12 bits per heavy atom. The summed E-state index contributed by atoms with van der Waals surface area (Å²) in [6.45, 7) is 2.39. The number of rotatable bonds is 4. The quantitative estimate of drug-likeness (QED) is 0.904. The first-order valence-electron chi connectivity index (χ1n) is 7.67. The van der Waals surface area contributed by atoms with Gasteiger partial charge in [-0.15, -0.1) is 0 Å². The van der Waals surface area contributed by atoms with Gasteiger partial charge in [0.05, 0.1) is 0 Å². The molecule has 1 amide bonds. The number of hydrogen-bond acceptors (Lipinski definition) is 3. The summed E-state index contributed by atoms with van der Waals surface area (Å²) >= 11 is 0. The van der Waals surface area contributed by atoms with Gasteiger partial charge in [-0.3, -0.25) is 9.52 Å². The second-order valence-corrected chi connectivity index (χ2v) is 7.48. The highest BCUT2D eigenvalue weighted by molar-refractivity contribution is 7.92. The minimum atomic E-state index is -4.19. The normalized spacial score (nSPS) is 14.8. The van der Waals surface area contributed by atoms with E-state index in [1.54, 1.807) is 24.0 Å². The van der Waals surface area contributed by atoms with Gasteiger partial charge in [0.15, 0.2) is 0 Å². The SMILES string of the molecule is Cc1cc(NS(=O)(=O)c2ccc(F)cc2F)ccc1N1CCCC1=O. The van der Waals surface area contributed by atoms with Gasteiger partial charge in [0.2, 0.25) is 5.91 Å². The molecule has 0 radical (unpaired) electrons. The van der Waals surface area contributed by atoms with Crippen molar-refractivity contribution in [1.29, 1.82) is 0 Å². The number of carbonyl (C=O) groups excluding carboxylic acids is 1. The molecule has 3 rings (SSSR count). The molecule has 1 saturated heterocycles. The highest BCUT2D eigenvalue weighted by Gasteiger charge is 2.24. The lowest BCUT2D eigenvalue weighted by atomic mass is 10.1. The first kappa shape index (κ1) is 17.3. The maximum Gasteiger partial charge on any atom is 0.264 e. The maximum absolute atomic E-state index is 13.7. The van der Waals surface area contributed by atoms with Crippen molar-refractivity contribution in [3.05, 3.63) is 53.6 Å². The van der Waals surface area contributed by atoms with Crippen LogP contribution in [0.3, 0.4) is 0 Å². The van der Waals surface area contributed by atoms with Crippen LogP contribution in [0.2, 0.25) is 0 Å². The van der Waals surface area contributed by atoms with E-state index in [0.29, 0.717) is 19.0 Å². The zero-order chi connectivity index (χ0) is 18.2. The Bertz CT molecular complexity index is 945. The van der Waals surface area contributed by atoms with E-state index in [9.17, 15) is 22.0 Å². The Kier molecular flexibility index (Phi) is 4.47. The van der Waals surface area contributed by atoms with E-state index >= 15 is 0 Å². The number of aryl methyl sites for hydroxylation is 1. The Morgan fingerprint density at radius 2 is 1.88 bits per heavy atom. The van der Waals surface area contributed by atoms with Crippen LogP contribution in [0.1, 0.15) is 18.4 Å². The van der Waals surface area contributed by atoms with E-state index in [4.69, 9.17) is 0 Å². The van der Waals surface area contributed by atoms with Crippen LogP contribution in [0.5, 0.6) is 0 Å². The van der Waals surface area contributed by atoms with E-state index in [-0.39, 0.29) is 11.6 Å².